The minimum Gasteiger partial charge on any atom is -0.372 e. The van der Waals surface area contributed by atoms with Gasteiger partial charge in [-0.3, -0.25) is 0 Å². The summed E-state index contributed by atoms with van der Waals surface area (Å²) in [7, 11) is 0. The lowest BCUT2D eigenvalue weighted by Crippen LogP contribution is -2.09. The largest absolute Gasteiger partial charge is 0.372 e. The van der Waals surface area contributed by atoms with E-state index in [1.807, 2.05) is 0 Å². The summed E-state index contributed by atoms with van der Waals surface area (Å²) in [6.07, 6.45) is 0.832. The maximum atomic E-state index is 9.10. The lowest BCUT2D eigenvalue weighted by atomic mass is 9.89. The molecule has 2 nitrogen and oxygen atoms in total. The second-order valence-corrected chi connectivity index (χ2v) is 4.63. The van der Waals surface area contributed by atoms with Crippen LogP contribution in [0.25, 0.3) is 0 Å². The highest BCUT2D eigenvalue weighted by atomic mass is 16.5. The highest BCUT2D eigenvalue weighted by molar-refractivity contribution is 5.40. The van der Waals surface area contributed by atoms with E-state index in [1.54, 1.807) is 0 Å². The molecule has 0 spiro atoms. The quantitative estimate of drug-likeness (QED) is 0.720. The highest BCUT2D eigenvalue weighted by Crippen LogP contribution is 2.37. The Balaban J connectivity index is 2.44. The van der Waals surface area contributed by atoms with Crippen LogP contribution in [0.2, 0.25) is 0 Å². The number of benzene rings is 1. The Kier molecular flexibility index (Phi) is 2.98. The molecule has 1 aliphatic rings. The first-order valence-electron chi connectivity index (χ1n) is 5.72. The van der Waals surface area contributed by atoms with Gasteiger partial charge in [-0.1, -0.05) is 17.7 Å². The van der Waals surface area contributed by atoms with Crippen LogP contribution < -0.4 is 0 Å². The predicted molar refractivity (Wildman–Crippen MR) is 63.1 cm³/mol. The van der Waals surface area contributed by atoms with Crippen molar-refractivity contribution in [1.29, 1.82) is 5.26 Å². The normalized spacial score (nSPS) is 24.4. The average Bonchev–Trinajstić information content (AvgIpc) is 2.64. The van der Waals surface area contributed by atoms with Crippen LogP contribution in [-0.2, 0) is 4.74 Å². The van der Waals surface area contributed by atoms with Gasteiger partial charge in [-0.15, -0.1) is 0 Å². The van der Waals surface area contributed by atoms with E-state index in [4.69, 9.17) is 10.00 Å². The molecule has 0 N–H and O–H groups in total. The lowest BCUT2D eigenvalue weighted by Gasteiger charge is -2.19. The van der Waals surface area contributed by atoms with Crippen molar-refractivity contribution in [3.63, 3.8) is 0 Å². The molecule has 1 aromatic carbocycles. The number of ether oxygens (including phenoxy) is 1. The predicted octanol–water partition coefficient (Wildman–Crippen LogP) is 3.21. The van der Waals surface area contributed by atoms with E-state index in [2.05, 4.69) is 39.0 Å². The Morgan fingerprint density at radius 3 is 2.44 bits per heavy atom. The molecular formula is C14H17NO. The van der Waals surface area contributed by atoms with Crippen molar-refractivity contribution in [2.24, 2.45) is 5.92 Å². The zero-order valence-corrected chi connectivity index (χ0v) is 10.1. The van der Waals surface area contributed by atoms with Crippen LogP contribution in [0.3, 0.4) is 0 Å². The summed E-state index contributed by atoms with van der Waals surface area (Å²) in [5, 5.41) is 9.10. The second-order valence-electron chi connectivity index (χ2n) is 4.63. The van der Waals surface area contributed by atoms with Gasteiger partial charge in [0.15, 0.2) is 0 Å². The fraction of sp³-hybridized carbons (Fsp3) is 0.500. The van der Waals surface area contributed by atoms with Crippen molar-refractivity contribution in [3.8, 4) is 6.07 Å². The Bertz CT molecular complexity index is 422. The Morgan fingerprint density at radius 2 is 1.88 bits per heavy atom. The topological polar surface area (TPSA) is 33.0 Å². The van der Waals surface area contributed by atoms with Crippen molar-refractivity contribution < 1.29 is 4.74 Å². The molecule has 0 amide bonds. The number of hydrogen-bond acceptors (Lipinski definition) is 2. The average molecular weight is 215 g/mol. The van der Waals surface area contributed by atoms with Gasteiger partial charge in [0.05, 0.1) is 18.1 Å². The molecule has 2 rings (SSSR count). The third-order valence-electron chi connectivity index (χ3n) is 3.28. The molecule has 2 heteroatoms. The maximum Gasteiger partial charge on any atom is 0.0988 e. The first kappa shape index (κ1) is 11.2. The van der Waals surface area contributed by atoms with Crippen LogP contribution in [0.4, 0.5) is 0 Å². The molecule has 1 aromatic rings. The molecule has 1 aliphatic heterocycles. The van der Waals surface area contributed by atoms with Gasteiger partial charge in [0, 0.05) is 6.61 Å². The fourth-order valence-electron chi connectivity index (χ4n) is 2.65. The molecule has 1 saturated heterocycles. The van der Waals surface area contributed by atoms with Crippen LogP contribution in [0.5, 0.6) is 0 Å². The maximum absolute atomic E-state index is 9.10. The molecule has 2 atom stereocenters. The molecule has 0 aliphatic carbocycles. The SMILES string of the molecule is Cc1cc(C)c(C2OCCC2C#N)c(C)c1. The molecule has 0 aromatic heterocycles. The minimum atomic E-state index is -0.0226. The van der Waals surface area contributed by atoms with E-state index in [0.717, 1.165) is 6.42 Å². The van der Waals surface area contributed by atoms with Crippen molar-refractivity contribution in [1.82, 2.24) is 0 Å². The van der Waals surface area contributed by atoms with Crippen molar-refractivity contribution >= 4 is 0 Å². The molecule has 16 heavy (non-hydrogen) atoms. The van der Waals surface area contributed by atoms with Crippen molar-refractivity contribution in [2.75, 3.05) is 6.61 Å². The summed E-state index contributed by atoms with van der Waals surface area (Å²) >= 11 is 0. The van der Waals surface area contributed by atoms with Gasteiger partial charge in [0.25, 0.3) is 0 Å². The number of aryl methyl sites for hydroxylation is 3. The van der Waals surface area contributed by atoms with E-state index >= 15 is 0 Å². The van der Waals surface area contributed by atoms with E-state index in [0.29, 0.717) is 6.61 Å². The monoisotopic (exact) mass is 215 g/mol. The van der Waals surface area contributed by atoms with Gasteiger partial charge in [-0.25, -0.2) is 0 Å². The molecule has 1 heterocycles. The van der Waals surface area contributed by atoms with Crippen LogP contribution in [-0.4, -0.2) is 6.61 Å². The van der Waals surface area contributed by atoms with Crippen LogP contribution >= 0.6 is 0 Å². The zero-order valence-electron chi connectivity index (χ0n) is 10.1. The van der Waals surface area contributed by atoms with Crippen molar-refractivity contribution in [2.45, 2.75) is 33.3 Å². The van der Waals surface area contributed by atoms with Gasteiger partial charge in [-0.05, 0) is 43.9 Å². The molecule has 1 fully saturated rings. The molecule has 0 saturated carbocycles. The second kappa shape index (κ2) is 4.27. The zero-order chi connectivity index (χ0) is 11.7. The molecular weight excluding hydrogens is 198 g/mol. The van der Waals surface area contributed by atoms with Crippen LogP contribution in [0, 0.1) is 38.0 Å². The molecule has 0 bridgehead atoms. The summed E-state index contributed by atoms with van der Waals surface area (Å²) in [5.74, 6) is 0.0140. The van der Waals surface area contributed by atoms with E-state index in [1.165, 1.54) is 22.3 Å². The fourth-order valence-corrected chi connectivity index (χ4v) is 2.65. The Morgan fingerprint density at radius 1 is 1.25 bits per heavy atom. The first-order valence-corrected chi connectivity index (χ1v) is 5.72. The first-order chi connectivity index (χ1) is 7.63. The number of hydrogen-bond donors (Lipinski definition) is 0. The molecule has 2 unspecified atom stereocenters. The van der Waals surface area contributed by atoms with Crippen molar-refractivity contribution in [3.05, 3.63) is 34.4 Å². The third-order valence-corrected chi connectivity index (χ3v) is 3.28. The lowest BCUT2D eigenvalue weighted by molar-refractivity contribution is 0.0997. The minimum absolute atomic E-state index is 0.0140. The smallest absolute Gasteiger partial charge is 0.0988 e. The third kappa shape index (κ3) is 1.83. The summed E-state index contributed by atoms with van der Waals surface area (Å²) in [6.45, 7) is 7.01. The number of nitrogens with zero attached hydrogens (tertiary/aromatic N) is 1. The summed E-state index contributed by atoms with van der Waals surface area (Å²) < 4.78 is 5.72. The molecule has 84 valence electrons. The molecule has 0 radical (unpaired) electrons. The highest BCUT2D eigenvalue weighted by Gasteiger charge is 2.31. The van der Waals surface area contributed by atoms with E-state index in [9.17, 15) is 0 Å². The van der Waals surface area contributed by atoms with Gasteiger partial charge >= 0.3 is 0 Å². The summed E-state index contributed by atoms with van der Waals surface area (Å²) in [4.78, 5) is 0. The van der Waals surface area contributed by atoms with Gasteiger partial charge in [0.1, 0.15) is 0 Å². The summed E-state index contributed by atoms with van der Waals surface area (Å²) in [5.41, 5.74) is 4.97. The number of nitriles is 1. The van der Waals surface area contributed by atoms with Crippen LogP contribution in [0.1, 0.15) is 34.8 Å². The van der Waals surface area contributed by atoms with E-state index < -0.39 is 0 Å². The van der Waals surface area contributed by atoms with Gasteiger partial charge in [0.2, 0.25) is 0 Å². The van der Waals surface area contributed by atoms with Gasteiger partial charge in [-0.2, -0.15) is 5.26 Å². The van der Waals surface area contributed by atoms with Crippen LogP contribution in [0.15, 0.2) is 12.1 Å². The number of rotatable bonds is 1. The Hall–Kier alpha value is -1.33. The standard InChI is InChI=1S/C14H17NO/c1-9-6-10(2)13(11(3)7-9)14-12(8-15)4-5-16-14/h6-7,12,14H,4-5H2,1-3H3. The Labute approximate surface area is 96.9 Å². The van der Waals surface area contributed by atoms with Gasteiger partial charge < -0.3 is 4.74 Å². The summed E-state index contributed by atoms with van der Waals surface area (Å²) in [6, 6.07) is 6.69. The van der Waals surface area contributed by atoms with E-state index in [-0.39, 0.29) is 12.0 Å².